The number of ether oxygens (including phenoxy) is 1. The van der Waals surface area contributed by atoms with Gasteiger partial charge in [0.1, 0.15) is 17.7 Å². The Labute approximate surface area is 206 Å². The van der Waals surface area contributed by atoms with Crippen LogP contribution in [0.1, 0.15) is 92.8 Å². The number of hydrogen-bond acceptors (Lipinski definition) is 4. The molecule has 0 spiro atoms. The lowest BCUT2D eigenvalue weighted by atomic mass is 9.89. The molecule has 1 aromatic rings. The van der Waals surface area contributed by atoms with Gasteiger partial charge in [-0.05, 0) is 78.9 Å². The molecule has 192 valence electrons. The summed E-state index contributed by atoms with van der Waals surface area (Å²) in [6, 6.07) is 5.80. The summed E-state index contributed by atoms with van der Waals surface area (Å²) in [7, 11) is 0. The largest absolute Gasteiger partial charge is 0.444 e. The molecule has 0 bridgehead atoms. The Kier molecular flexibility index (Phi) is 10.2. The number of nitrogens with one attached hydrogen (secondary N) is 2. The van der Waals surface area contributed by atoms with Crippen molar-refractivity contribution in [3.63, 3.8) is 0 Å². The van der Waals surface area contributed by atoms with Crippen molar-refractivity contribution in [3.8, 4) is 0 Å². The third-order valence-corrected chi connectivity index (χ3v) is 5.78. The lowest BCUT2D eigenvalue weighted by molar-refractivity contribution is -0.150. The quantitative estimate of drug-likeness (QED) is 0.518. The van der Waals surface area contributed by atoms with E-state index in [4.69, 9.17) is 4.74 Å². The standard InChI is InChI=1S/C27H45N3O4/c1-12-27(10,11)30(24(32)21(17(2)3)29-25(33)34-26(7,8)9)22(23(31)28-18(4)5)20-16-14-13-15-19(20)6/h13-18,21-22H,12H2,1-11H3,(H,28,31)(H,29,33). The molecule has 0 saturated heterocycles. The number of alkyl carbamates (subject to hydrolysis) is 1. The van der Waals surface area contributed by atoms with Crippen LogP contribution in [0.25, 0.3) is 0 Å². The molecule has 0 aliphatic rings. The molecule has 7 nitrogen and oxygen atoms in total. The smallest absolute Gasteiger partial charge is 0.408 e. The predicted molar refractivity (Wildman–Crippen MR) is 136 cm³/mol. The van der Waals surface area contributed by atoms with E-state index in [1.54, 1.807) is 25.7 Å². The predicted octanol–water partition coefficient (Wildman–Crippen LogP) is 5.13. The first-order valence-corrected chi connectivity index (χ1v) is 12.2. The fraction of sp³-hybridized carbons (Fsp3) is 0.667. The van der Waals surface area contributed by atoms with Gasteiger partial charge in [-0.15, -0.1) is 0 Å². The van der Waals surface area contributed by atoms with Gasteiger partial charge in [0, 0.05) is 11.6 Å². The van der Waals surface area contributed by atoms with Crippen LogP contribution in [-0.2, 0) is 14.3 Å². The zero-order valence-electron chi connectivity index (χ0n) is 22.9. The first-order valence-electron chi connectivity index (χ1n) is 12.2. The van der Waals surface area contributed by atoms with Gasteiger partial charge in [-0.25, -0.2) is 4.79 Å². The van der Waals surface area contributed by atoms with E-state index in [0.717, 1.165) is 11.1 Å². The summed E-state index contributed by atoms with van der Waals surface area (Å²) >= 11 is 0. The molecule has 1 rings (SSSR count). The molecule has 0 aliphatic heterocycles. The Morgan fingerprint density at radius 2 is 1.53 bits per heavy atom. The van der Waals surface area contributed by atoms with Crippen molar-refractivity contribution in [2.75, 3.05) is 0 Å². The Morgan fingerprint density at radius 3 is 1.97 bits per heavy atom. The van der Waals surface area contributed by atoms with E-state index in [2.05, 4.69) is 10.6 Å². The van der Waals surface area contributed by atoms with E-state index in [1.165, 1.54) is 0 Å². The third kappa shape index (κ3) is 8.03. The maximum absolute atomic E-state index is 14.2. The Morgan fingerprint density at radius 1 is 0.971 bits per heavy atom. The summed E-state index contributed by atoms with van der Waals surface area (Å²) in [4.78, 5) is 42.0. The highest BCUT2D eigenvalue weighted by Gasteiger charge is 2.44. The van der Waals surface area contributed by atoms with Crippen molar-refractivity contribution >= 4 is 17.9 Å². The summed E-state index contributed by atoms with van der Waals surface area (Å²) in [6.07, 6.45) is -0.0410. The number of nitrogens with zero attached hydrogens (tertiary/aromatic N) is 1. The second kappa shape index (κ2) is 11.7. The molecule has 0 saturated carbocycles. The van der Waals surface area contributed by atoms with E-state index in [0.29, 0.717) is 6.42 Å². The van der Waals surface area contributed by atoms with Gasteiger partial charge in [-0.2, -0.15) is 0 Å². The average molecular weight is 476 g/mol. The third-order valence-electron chi connectivity index (χ3n) is 5.78. The molecular weight excluding hydrogens is 430 g/mol. The maximum Gasteiger partial charge on any atom is 0.408 e. The zero-order chi connectivity index (χ0) is 26.4. The SMILES string of the molecule is CCC(C)(C)N(C(=O)C(NC(=O)OC(C)(C)C)C(C)C)C(C(=O)NC(C)C)c1ccccc1C. The fourth-order valence-corrected chi connectivity index (χ4v) is 3.70. The Balaban J connectivity index is 3.63. The number of benzene rings is 1. The van der Waals surface area contributed by atoms with Gasteiger partial charge in [0.05, 0.1) is 0 Å². The Bertz CT molecular complexity index is 856. The van der Waals surface area contributed by atoms with Crippen molar-refractivity contribution in [3.05, 3.63) is 35.4 Å². The Hall–Kier alpha value is -2.57. The summed E-state index contributed by atoms with van der Waals surface area (Å²) in [5.74, 6) is -0.792. The minimum absolute atomic E-state index is 0.0958. The summed E-state index contributed by atoms with van der Waals surface area (Å²) in [5.41, 5.74) is 0.312. The fourth-order valence-electron chi connectivity index (χ4n) is 3.70. The number of hydrogen-bond donors (Lipinski definition) is 2. The van der Waals surface area contributed by atoms with Crippen LogP contribution in [-0.4, -0.2) is 46.0 Å². The number of carbonyl (C=O) groups excluding carboxylic acids is 3. The van der Waals surface area contributed by atoms with Crippen LogP contribution in [0.2, 0.25) is 0 Å². The summed E-state index contributed by atoms with van der Waals surface area (Å²) in [5, 5.41) is 5.76. The highest BCUT2D eigenvalue weighted by molar-refractivity contribution is 5.93. The topological polar surface area (TPSA) is 87.7 Å². The minimum Gasteiger partial charge on any atom is -0.444 e. The van der Waals surface area contributed by atoms with Crippen molar-refractivity contribution in [2.24, 2.45) is 5.92 Å². The van der Waals surface area contributed by atoms with Gasteiger partial charge < -0.3 is 20.3 Å². The molecule has 1 aromatic carbocycles. The molecule has 0 heterocycles. The van der Waals surface area contributed by atoms with Gasteiger partial charge in [0.25, 0.3) is 0 Å². The maximum atomic E-state index is 14.2. The molecule has 3 amide bonds. The zero-order valence-corrected chi connectivity index (χ0v) is 22.9. The molecule has 34 heavy (non-hydrogen) atoms. The normalized spacial score (nSPS) is 13.9. The molecule has 0 fully saturated rings. The monoisotopic (exact) mass is 475 g/mol. The highest BCUT2D eigenvalue weighted by atomic mass is 16.6. The number of carbonyl (C=O) groups is 3. The van der Waals surface area contributed by atoms with E-state index in [-0.39, 0.29) is 23.8 Å². The first kappa shape index (κ1) is 29.5. The van der Waals surface area contributed by atoms with E-state index in [1.807, 2.05) is 79.7 Å². The van der Waals surface area contributed by atoms with Crippen molar-refractivity contribution in [1.29, 1.82) is 0 Å². The van der Waals surface area contributed by atoms with E-state index < -0.39 is 29.3 Å². The van der Waals surface area contributed by atoms with Crippen LogP contribution < -0.4 is 10.6 Å². The molecular formula is C27H45N3O4. The summed E-state index contributed by atoms with van der Waals surface area (Å²) in [6.45, 7) is 20.7. The number of aryl methyl sites for hydroxylation is 1. The van der Waals surface area contributed by atoms with Gasteiger partial charge in [0.15, 0.2) is 0 Å². The van der Waals surface area contributed by atoms with E-state index in [9.17, 15) is 14.4 Å². The molecule has 0 aliphatic carbocycles. The number of amides is 3. The van der Waals surface area contributed by atoms with Gasteiger partial charge in [-0.3, -0.25) is 9.59 Å². The highest BCUT2D eigenvalue weighted by Crippen LogP contribution is 2.34. The first-order chi connectivity index (χ1) is 15.5. The van der Waals surface area contributed by atoms with Crippen molar-refractivity contribution < 1.29 is 19.1 Å². The second-order valence-electron chi connectivity index (χ2n) is 11.2. The van der Waals surface area contributed by atoms with Crippen LogP contribution >= 0.6 is 0 Å². The summed E-state index contributed by atoms with van der Waals surface area (Å²) < 4.78 is 5.42. The molecule has 0 aromatic heterocycles. The van der Waals surface area contributed by atoms with Crippen LogP contribution in [0.5, 0.6) is 0 Å². The number of rotatable bonds is 9. The van der Waals surface area contributed by atoms with Gasteiger partial charge in [-0.1, -0.05) is 45.0 Å². The minimum atomic E-state index is -0.862. The van der Waals surface area contributed by atoms with Gasteiger partial charge in [0.2, 0.25) is 11.8 Å². The molecule has 2 unspecified atom stereocenters. The van der Waals surface area contributed by atoms with Crippen LogP contribution in [0, 0.1) is 12.8 Å². The van der Waals surface area contributed by atoms with E-state index >= 15 is 0 Å². The lowest BCUT2D eigenvalue weighted by Crippen LogP contribution is -2.60. The molecule has 7 heteroatoms. The second-order valence-corrected chi connectivity index (χ2v) is 11.2. The van der Waals surface area contributed by atoms with Crippen molar-refractivity contribution in [2.45, 2.75) is 112 Å². The van der Waals surface area contributed by atoms with Crippen LogP contribution in [0.15, 0.2) is 24.3 Å². The van der Waals surface area contributed by atoms with Crippen LogP contribution in [0.4, 0.5) is 4.79 Å². The average Bonchev–Trinajstić information content (AvgIpc) is 2.68. The van der Waals surface area contributed by atoms with Crippen LogP contribution in [0.3, 0.4) is 0 Å². The molecule has 2 atom stereocenters. The lowest BCUT2D eigenvalue weighted by Gasteiger charge is -2.45. The van der Waals surface area contributed by atoms with Gasteiger partial charge >= 0.3 is 6.09 Å². The molecule has 0 radical (unpaired) electrons. The van der Waals surface area contributed by atoms with Crippen molar-refractivity contribution in [1.82, 2.24) is 15.5 Å². The molecule has 2 N–H and O–H groups in total.